The zero-order chi connectivity index (χ0) is 12.3. The van der Waals surface area contributed by atoms with Crippen LogP contribution in [0.4, 0.5) is 11.5 Å². The van der Waals surface area contributed by atoms with Gasteiger partial charge in [0.2, 0.25) is 0 Å². The molecule has 0 radical (unpaired) electrons. The van der Waals surface area contributed by atoms with Crippen LogP contribution in [-0.2, 0) is 0 Å². The number of rotatable bonds is 3. The molecule has 1 aliphatic heterocycles. The van der Waals surface area contributed by atoms with Crippen LogP contribution in [0, 0.1) is 10.1 Å². The number of nitrogens with one attached hydrogen (secondary N) is 1. The number of thioether (sulfide) groups is 1. The average Bonchev–Trinajstić information content (AvgIpc) is 2.29. The van der Waals surface area contributed by atoms with Crippen LogP contribution in [0.3, 0.4) is 0 Å². The lowest BCUT2D eigenvalue weighted by Crippen LogP contribution is -2.26. The maximum atomic E-state index is 10.7. The molecule has 1 N–H and O–H groups in total. The van der Waals surface area contributed by atoms with Gasteiger partial charge in [0.15, 0.2) is 0 Å². The summed E-state index contributed by atoms with van der Waals surface area (Å²) in [4.78, 5) is 14.3. The molecule has 7 heteroatoms. The number of anilines is 1. The van der Waals surface area contributed by atoms with E-state index in [4.69, 9.17) is 11.6 Å². The maximum Gasteiger partial charge on any atom is 0.276 e. The lowest BCUT2D eigenvalue weighted by atomic mass is 10.2. The molecule has 1 saturated heterocycles. The van der Waals surface area contributed by atoms with Crippen LogP contribution in [-0.4, -0.2) is 27.5 Å². The van der Waals surface area contributed by atoms with Crippen LogP contribution in [0.5, 0.6) is 0 Å². The summed E-state index contributed by atoms with van der Waals surface area (Å²) in [7, 11) is 0. The molecule has 17 heavy (non-hydrogen) atoms. The van der Waals surface area contributed by atoms with Crippen molar-refractivity contribution in [3.05, 3.63) is 27.4 Å². The van der Waals surface area contributed by atoms with Crippen molar-refractivity contribution in [3.8, 4) is 0 Å². The molecule has 1 fully saturated rings. The Hall–Kier alpha value is -1.01. The summed E-state index contributed by atoms with van der Waals surface area (Å²) in [5.41, 5.74) is -0.0315. The molecule has 0 amide bonds. The predicted octanol–water partition coefficient (Wildman–Crippen LogP) is 2.95. The van der Waals surface area contributed by atoms with Gasteiger partial charge in [-0.2, -0.15) is 11.8 Å². The Morgan fingerprint density at radius 2 is 2.41 bits per heavy atom. The average molecular weight is 274 g/mol. The van der Waals surface area contributed by atoms with Gasteiger partial charge in [-0.05, 0) is 18.6 Å². The first-order valence-electron chi connectivity index (χ1n) is 5.31. The van der Waals surface area contributed by atoms with Crippen molar-refractivity contribution >= 4 is 34.9 Å². The third kappa shape index (κ3) is 3.47. The lowest BCUT2D eigenvalue weighted by molar-refractivity contribution is -0.384. The highest BCUT2D eigenvalue weighted by molar-refractivity contribution is 7.99. The van der Waals surface area contributed by atoms with E-state index in [1.807, 2.05) is 11.8 Å². The van der Waals surface area contributed by atoms with Crippen LogP contribution in [0.2, 0.25) is 5.15 Å². The van der Waals surface area contributed by atoms with E-state index in [2.05, 4.69) is 10.3 Å². The molecular formula is C10H12ClN3O2S. The van der Waals surface area contributed by atoms with Crippen molar-refractivity contribution in [3.63, 3.8) is 0 Å². The normalized spacial score (nSPS) is 19.9. The molecule has 0 bridgehead atoms. The zero-order valence-corrected chi connectivity index (χ0v) is 10.6. The highest BCUT2D eigenvalue weighted by Gasteiger charge is 2.16. The minimum atomic E-state index is -0.464. The van der Waals surface area contributed by atoms with Gasteiger partial charge in [-0.1, -0.05) is 11.6 Å². The van der Waals surface area contributed by atoms with E-state index >= 15 is 0 Å². The van der Waals surface area contributed by atoms with Gasteiger partial charge in [0.25, 0.3) is 5.69 Å². The molecule has 92 valence electrons. The number of nitrogens with zero attached hydrogens (tertiary/aromatic N) is 2. The minimum Gasteiger partial charge on any atom is -0.366 e. The Balaban J connectivity index is 2.11. The first-order valence-corrected chi connectivity index (χ1v) is 6.84. The molecule has 1 atom stereocenters. The van der Waals surface area contributed by atoms with Gasteiger partial charge >= 0.3 is 0 Å². The zero-order valence-electron chi connectivity index (χ0n) is 9.06. The number of pyridine rings is 1. The maximum absolute atomic E-state index is 10.7. The molecule has 1 unspecified atom stereocenters. The molecule has 5 nitrogen and oxygen atoms in total. The molecule has 0 aromatic carbocycles. The fraction of sp³-hybridized carbons (Fsp3) is 0.500. The van der Waals surface area contributed by atoms with E-state index in [1.54, 1.807) is 0 Å². The number of halogens is 1. The van der Waals surface area contributed by atoms with Crippen molar-refractivity contribution in [2.24, 2.45) is 0 Å². The summed E-state index contributed by atoms with van der Waals surface area (Å²) in [5.74, 6) is 2.67. The first kappa shape index (κ1) is 12.4. The van der Waals surface area contributed by atoms with E-state index in [1.165, 1.54) is 17.9 Å². The highest BCUT2D eigenvalue weighted by Crippen LogP contribution is 2.24. The summed E-state index contributed by atoms with van der Waals surface area (Å²) in [6.45, 7) is 0. The van der Waals surface area contributed by atoms with Gasteiger partial charge in [-0.3, -0.25) is 10.1 Å². The Morgan fingerprint density at radius 3 is 3.06 bits per heavy atom. The highest BCUT2D eigenvalue weighted by atomic mass is 35.5. The number of nitro groups is 1. The smallest absolute Gasteiger partial charge is 0.276 e. The van der Waals surface area contributed by atoms with Crippen LogP contribution >= 0.6 is 23.4 Å². The topological polar surface area (TPSA) is 68.1 Å². The molecule has 2 rings (SSSR count). The van der Waals surface area contributed by atoms with Crippen molar-refractivity contribution in [2.75, 3.05) is 16.8 Å². The van der Waals surface area contributed by atoms with E-state index in [-0.39, 0.29) is 10.8 Å². The van der Waals surface area contributed by atoms with Gasteiger partial charge in [-0.25, -0.2) is 4.98 Å². The molecule has 1 aromatic rings. The van der Waals surface area contributed by atoms with Crippen molar-refractivity contribution in [1.82, 2.24) is 4.98 Å². The molecule has 1 aromatic heterocycles. The SMILES string of the molecule is O=[N+]([O-])c1cc(Cl)nc(NC2CCCSC2)c1. The summed E-state index contributed by atoms with van der Waals surface area (Å²) in [6.07, 6.45) is 2.22. The second-order valence-corrected chi connectivity index (χ2v) is 5.39. The van der Waals surface area contributed by atoms with Crippen molar-refractivity contribution in [2.45, 2.75) is 18.9 Å². The fourth-order valence-corrected chi connectivity index (χ4v) is 3.00. The fourth-order valence-electron chi connectivity index (χ4n) is 1.73. The van der Waals surface area contributed by atoms with Gasteiger partial charge in [0, 0.05) is 11.8 Å². The second-order valence-electron chi connectivity index (χ2n) is 3.85. The summed E-state index contributed by atoms with van der Waals surface area (Å²) < 4.78 is 0. The Labute approximate surface area is 108 Å². The number of aromatic nitrogens is 1. The molecule has 0 spiro atoms. The van der Waals surface area contributed by atoms with Gasteiger partial charge < -0.3 is 5.32 Å². The monoisotopic (exact) mass is 273 g/mol. The van der Waals surface area contributed by atoms with Crippen LogP contribution in [0.1, 0.15) is 12.8 Å². The van der Waals surface area contributed by atoms with Crippen molar-refractivity contribution in [1.29, 1.82) is 0 Å². The first-order chi connectivity index (χ1) is 8.15. The Kier molecular flexibility index (Phi) is 4.06. The molecule has 0 aliphatic carbocycles. The van der Waals surface area contributed by atoms with Crippen LogP contribution in [0.25, 0.3) is 0 Å². The minimum absolute atomic E-state index is 0.0315. The van der Waals surface area contributed by atoms with Crippen molar-refractivity contribution < 1.29 is 4.92 Å². The van der Waals surface area contributed by atoms with Gasteiger partial charge in [0.05, 0.1) is 17.1 Å². The van der Waals surface area contributed by atoms with E-state index in [9.17, 15) is 10.1 Å². The summed E-state index contributed by atoms with van der Waals surface area (Å²) >= 11 is 7.63. The van der Waals surface area contributed by atoms with E-state index in [0.29, 0.717) is 11.9 Å². The Bertz CT molecular complexity index is 424. The Morgan fingerprint density at radius 1 is 1.59 bits per heavy atom. The third-order valence-corrected chi connectivity index (χ3v) is 3.91. The number of hydrogen-bond donors (Lipinski definition) is 1. The van der Waals surface area contributed by atoms with E-state index in [0.717, 1.165) is 18.6 Å². The predicted molar refractivity (Wildman–Crippen MR) is 69.9 cm³/mol. The molecule has 0 saturated carbocycles. The summed E-state index contributed by atoms with van der Waals surface area (Å²) in [6, 6.07) is 2.99. The van der Waals surface area contributed by atoms with Crippen LogP contribution < -0.4 is 5.32 Å². The van der Waals surface area contributed by atoms with Gasteiger partial charge in [-0.15, -0.1) is 0 Å². The van der Waals surface area contributed by atoms with Crippen LogP contribution in [0.15, 0.2) is 12.1 Å². The standard InChI is InChI=1S/C10H12ClN3O2S/c11-9-4-8(14(15)16)5-10(13-9)12-7-2-1-3-17-6-7/h4-5,7H,1-3,6H2,(H,12,13). The third-order valence-electron chi connectivity index (χ3n) is 2.50. The molecule has 1 aliphatic rings. The summed E-state index contributed by atoms with van der Waals surface area (Å²) in [5, 5.41) is 14.0. The molecular weight excluding hydrogens is 262 g/mol. The second kappa shape index (κ2) is 5.55. The van der Waals surface area contributed by atoms with Gasteiger partial charge in [0.1, 0.15) is 11.0 Å². The van der Waals surface area contributed by atoms with E-state index < -0.39 is 4.92 Å². The number of hydrogen-bond acceptors (Lipinski definition) is 5. The molecule has 2 heterocycles. The lowest BCUT2D eigenvalue weighted by Gasteiger charge is -2.22. The largest absolute Gasteiger partial charge is 0.366 e. The quantitative estimate of drug-likeness (QED) is 0.521.